The number of nitrogens with one attached hydrogen (secondary N) is 1. The SMILES string of the molecule is Clc1ccc(SCC[NH+]2CCOCC2)cc1. The maximum Gasteiger partial charge on any atom is 0.101 e. The third kappa shape index (κ3) is 3.98. The Hall–Kier alpha value is -0.220. The minimum Gasteiger partial charge on any atom is -0.370 e. The molecule has 16 heavy (non-hydrogen) atoms. The molecule has 0 aliphatic carbocycles. The van der Waals surface area contributed by atoms with E-state index in [1.807, 2.05) is 23.9 Å². The number of ether oxygens (including phenoxy) is 1. The number of quaternary nitrogens is 1. The van der Waals surface area contributed by atoms with Crippen LogP contribution >= 0.6 is 23.4 Å². The molecule has 0 spiro atoms. The van der Waals surface area contributed by atoms with Crippen molar-refractivity contribution < 1.29 is 9.64 Å². The lowest BCUT2D eigenvalue weighted by Crippen LogP contribution is -3.14. The van der Waals surface area contributed by atoms with E-state index >= 15 is 0 Å². The normalized spacial score (nSPS) is 17.6. The van der Waals surface area contributed by atoms with E-state index < -0.39 is 0 Å². The lowest BCUT2D eigenvalue weighted by Gasteiger charge is -2.23. The average Bonchev–Trinajstić information content (AvgIpc) is 2.33. The molecule has 0 aromatic heterocycles. The van der Waals surface area contributed by atoms with Crippen molar-refractivity contribution >= 4 is 23.4 Å². The first-order chi connectivity index (χ1) is 7.84. The molecule has 1 aliphatic heterocycles. The molecule has 0 amide bonds. The molecule has 88 valence electrons. The first kappa shape index (κ1) is 12.2. The second kappa shape index (κ2) is 6.50. The molecule has 1 aromatic carbocycles. The Labute approximate surface area is 106 Å². The van der Waals surface area contributed by atoms with Crippen molar-refractivity contribution in [1.29, 1.82) is 0 Å². The lowest BCUT2D eigenvalue weighted by atomic mass is 10.4. The van der Waals surface area contributed by atoms with E-state index in [0.29, 0.717) is 0 Å². The zero-order chi connectivity index (χ0) is 11.2. The van der Waals surface area contributed by atoms with Gasteiger partial charge in [-0.2, -0.15) is 0 Å². The molecule has 0 saturated carbocycles. The zero-order valence-corrected chi connectivity index (χ0v) is 10.8. The van der Waals surface area contributed by atoms with E-state index in [4.69, 9.17) is 16.3 Å². The van der Waals surface area contributed by atoms with Crippen LogP contribution in [0.3, 0.4) is 0 Å². The third-order valence-electron chi connectivity index (χ3n) is 2.74. The molecule has 1 aromatic rings. The minimum atomic E-state index is 0.808. The average molecular weight is 259 g/mol. The molecule has 1 heterocycles. The Balaban J connectivity index is 1.69. The number of halogens is 1. The van der Waals surface area contributed by atoms with E-state index in [2.05, 4.69) is 12.1 Å². The van der Waals surface area contributed by atoms with Gasteiger partial charge in [-0.15, -0.1) is 11.8 Å². The maximum atomic E-state index is 5.84. The Bertz CT molecular complexity index is 311. The van der Waals surface area contributed by atoms with Crippen LogP contribution in [0.1, 0.15) is 0 Å². The van der Waals surface area contributed by atoms with Crippen LogP contribution in [-0.4, -0.2) is 38.6 Å². The fraction of sp³-hybridized carbons (Fsp3) is 0.500. The smallest absolute Gasteiger partial charge is 0.101 e. The summed E-state index contributed by atoms with van der Waals surface area (Å²) in [6.45, 7) is 5.36. The van der Waals surface area contributed by atoms with Crippen molar-refractivity contribution in [3.05, 3.63) is 29.3 Å². The topological polar surface area (TPSA) is 13.7 Å². The molecule has 4 heteroatoms. The van der Waals surface area contributed by atoms with Crippen LogP contribution in [0.15, 0.2) is 29.2 Å². The number of morpholine rings is 1. The summed E-state index contributed by atoms with van der Waals surface area (Å²) in [5, 5.41) is 0.808. The van der Waals surface area contributed by atoms with Gasteiger partial charge >= 0.3 is 0 Å². The second-order valence-electron chi connectivity index (χ2n) is 3.91. The van der Waals surface area contributed by atoms with Gasteiger partial charge in [0.25, 0.3) is 0 Å². The third-order valence-corrected chi connectivity index (χ3v) is 4.00. The molecule has 1 N–H and O–H groups in total. The highest BCUT2D eigenvalue weighted by atomic mass is 35.5. The van der Waals surface area contributed by atoms with Gasteiger partial charge in [0.2, 0.25) is 0 Å². The number of hydrogen-bond acceptors (Lipinski definition) is 2. The summed E-state index contributed by atoms with van der Waals surface area (Å²) in [6, 6.07) is 8.07. The number of hydrogen-bond donors (Lipinski definition) is 1. The van der Waals surface area contributed by atoms with Gasteiger partial charge in [-0.3, -0.25) is 0 Å². The highest BCUT2D eigenvalue weighted by Gasteiger charge is 2.12. The van der Waals surface area contributed by atoms with Crippen LogP contribution in [0, 0.1) is 0 Å². The van der Waals surface area contributed by atoms with E-state index in [1.165, 1.54) is 11.4 Å². The molecule has 0 unspecified atom stereocenters. The molecular formula is C12H17ClNOS+. The van der Waals surface area contributed by atoms with Gasteiger partial charge in [-0.05, 0) is 24.3 Å². The molecule has 0 atom stereocenters. The second-order valence-corrected chi connectivity index (χ2v) is 5.52. The standard InChI is InChI=1S/C12H16ClNOS/c13-11-1-3-12(4-2-11)16-10-7-14-5-8-15-9-6-14/h1-4H,5-10H2/p+1. The predicted molar refractivity (Wildman–Crippen MR) is 68.6 cm³/mol. The van der Waals surface area contributed by atoms with Gasteiger partial charge in [0.05, 0.1) is 19.8 Å². The number of thioether (sulfide) groups is 1. The van der Waals surface area contributed by atoms with Crippen LogP contribution in [-0.2, 0) is 4.74 Å². The summed E-state index contributed by atoms with van der Waals surface area (Å²) in [4.78, 5) is 2.96. The van der Waals surface area contributed by atoms with Crippen molar-refractivity contribution in [3.8, 4) is 0 Å². The molecule has 2 nitrogen and oxygen atoms in total. The van der Waals surface area contributed by atoms with Crippen LogP contribution in [0.2, 0.25) is 5.02 Å². The lowest BCUT2D eigenvalue weighted by molar-refractivity contribution is -0.905. The summed E-state index contributed by atoms with van der Waals surface area (Å²) in [6.07, 6.45) is 0. The molecule has 0 radical (unpaired) electrons. The first-order valence-electron chi connectivity index (χ1n) is 5.64. The quantitative estimate of drug-likeness (QED) is 0.820. The Morgan fingerprint density at radius 3 is 2.56 bits per heavy atom. The summed E-state index contributed by atoms with van der Waals surface area (Å²) in [5.41, 5.74) is 0. The number of benzene rings is 1. The van der Waals surface area contributed by atoms with Crippen molar-refractivity contribution in [2.24, 2.45) is 0 Å². The largest absolute Gasteiger partial charge is 0.370 e. The van der Waals surface area contributed by atoms with E-state index in [1.54, 1.807) is 4.90 Å². The maximum absolute atomic E-state index is 5.84. The van der Waals surface area contributed by atoms with Crippen LogP contribution in [0.4, 0.5) is 0 Å². The minimum absolute atomic E-state index is 0.808. The van der Waals surface area contributed by atoms with E-state index in [-0.39, 0.29) is 0 Å². The predicted octanol–water partition coefficient (Wildman–Crippen LogP) is 1.35. The highest BCUT2D eigenvalue weighted by Crippen LogP contribution is 2.19. The van der Waals surface area contributed by atoms with E-state index in [0.717, 1.165) is 37.1 Å². The Morgan fingerprint density at radius 2 is 1.88 bits per heavy atom. The monoisotopic (exact) mass is 258 g/mol. The van der Waals surface area contributed by atoms with Crippen LogP contribution in [0.5, 0.6) is 0 Å². The molecule has 0 bridgehead atoms. The number of rotatable bonds is 4. The van der Waals surface area contributed by atoms with Crippen molar-refractivity contribution in [3.63, 3.8) is 0 Å². The van der Waals surface area contributed by atoms with Gasteiger partial charge in [-0.1, -0.05) is 11.6 Å². The molecule has 1 saturated heterocycles. The van der Waals surface area contributed by atoms with Gasteiger partial charge < -0.3 is 9.64 Å². The van der Waals surface area contributed by atoms with Crippen molar-refractivity contribution in [2.75, 3.05) is 38.6 Å². The van der Waals surface area contributed by atoms with Crippen LogP contribution in [0.25, 0.3) is 0 Å². The summed E-state index contributed by atoms with van der Waals surface area (Å²) >= 11 is 7.74. The van der Waals surface area contributed by atoms with E-state index in [9.17, 15) is 0 Å². The zero-order valence-electron chi connectivity index (χ0n) is 9.25. The Morgan fingerprint density at radius 1 is 1.19 bits per heavy atom. The van der Waals surface area contributed by atoms with Gasteiger partial charge in [0.15, 0.2) is 0 Å². The molecular weight excluding hydrogens is 242 g/mol. The summed E-state index contributed by atoms with van der Waals surface area (Å²) in [7, 11) is 0. The van der Waals surface area contributed by atoms with Crippen molar-refractivity contribution in [2.45, 2.75) is 4.90 Å². The van der Waals surface area contributed by atoms with Crippen LogP contribution < -0.4 is 4.90 Å². The Kier molecular flexibility index (Phi) is 4.97. The first-order valence-corrected chi connectivity index (χ1v) is 7.00. The fourth-order valence-corrected chi connectivity index (χ4v) is 2.84. The summed E-state index contributed by atoms with van der Waals surface area (Å²) in [5.74, 6) is 1.16. The molecule has 2 rings (SSSR count). The molecule has 1 aliphatic rings. The fourth-order valence-electron chi connectivity index (χ4n) is 1.75. The molecule has 1 fully saturated rings. The highest BCUT2D eigenvalue weighted by molar-refractivity contribution is 7.99. The van der Waals surface area contributed by atoms with Gasteiger partial charge in [0.1, 0.15) is 13.1 Å². The van der Waals surface area contributed by atoms with Gasteiger partial charge in [-0.25, -0.2) is 0 Å². The van der Waals surface area contributed by atoms with Gasteiger partial charge in [0, 0.05) is 15.7 Å². The summed E-state index contributed by atoms with van der Waals surface area (Å²) < 4.78 is 5.34. The van der Waals surface area contributed by atoms with Crippen molar-refractivity contribution in [1.82, 2.24) is 0 Å².